The lowest BCUT2D eigenvalue weighted by Gasteiger charge is -2.17. The molecule has 0 unspecified atom stereocenters. The molecule has 0 aliphatic carbocycles. The summed E-state index contributed by atoms with van der Waals surface area (Å²) in [7, 11) is 0.311. The van der Waals surface area contributed by atoms with Crippen LogP contribution in [-0.2, 0) is 14.8 Å². The van der Waals surface area contributed by atoms with Gasteiger partial charge in [0.15, 0.2) is 0 Å². The summed E-state index contributed by atoms with van der Waals surface area (Å²) >= 11 is 0. The van der Waals surface area contributed by atoms with Gasteiger partial charge < -0.3 is 9.69 Å². The second-order valence-corrected chi connectivity index (χ2v) is 8.17. The van der Waals surface area contributed by atoms with E-state index in [1.54, 1.807) is 19.1 Å². The number of nitrogens with zero attached hydrogens (tertiary/aromatic N) is 1. The Balaban J connectivity index is 2.14. The Morgan fingerprint density at radius 2 is 1.68 bits per heavy atom. The van der Waals surface area contributed by atoms with Crippen LogP contribution in [0.5, 0.6) is 0 Å². The third-order valence-electron chi connectivity index (χ3n) is 4.13. The summed E-state index contributed by atoms with van der Waals surface area (Å²) in [6.45, 7) is 1.95. The lowest BCUT2D eigenvalue weighted by Crippen LogP contribution is -2.25. The zero-order chi connectivity index (χ0) is 18.4. The van der Waals surface area contributed by atoms with Crippen LogP contribution in [0.4, 0.5) is 5.69 Å². The van der Waals surface area contributed by atoms with E-state index >= 15 is 0 Å². The van der Waals surface area contributed by atoms with Crippen LogP contribution < -0.4 is 9.62 Å². The zero-order valence-corrected chi connectivity index (χ0v) is 15.9. The molecule has 0 bridgehead atoms. The number of benzene rings is 2. The number of sulfonamides is 1. The first-order valence-electron chi connectivity index (χ1n) is 8.51. The predicted molar refractivity (Wildman–Crippen MR) is 103 cm³/mol. The molecule has 2 aromatic carbocycles. The van der Waals surface area contributed by atoms with Crippen LogP contribution in [-0.4, -0.2) is 34.8 Å². The Bertz CT molecular complexity index is 845. The first kappa shape index (κ1) is 19.4. The molecule has 0 atom stereocenters. The molecule has 0 aromatic heterocycles. The number of rotatable bonds is 9. The van der Waals surface area contributed by atoms with Gasteiger partial charge in [0.1, 0.15) is 5.78 Å². The highest BCUT2D eigenvalue weighted by molar-refractivity contribution is 7.89. The van der Waals surface area contributed by atoms with Crippen LogP contribution >= 0.6 is 0 Å². The maximum atomic E-state index is 12.7. The molecule has 0 radical (unpaired) electrons. The maximum Gasteiger partial charge on any atom is 0.241 e. The molecular weight excluding hydrogens is 336 g/mol. The van der Waals surface area contributed by atoms with E-state index in [9.17, 15) is 13.2 Å². The molecule has 2 rings (SSSR count). The molecule has 0 aliphatic rings. The van der Waals surface area contributed by atoms with Crippen LogP contribution in [0.25, 0.3) is 10.8 Å². The first-order chi connectivity index (χ1) is 11.8. The van der Waals surface area contributed by atoms with Gasteiger partial charge in [-0.2, -0.15) is 0 Å². The fourth-order valence-corrected chi connectivity index (χ4v) is 4.14. The van der Waals surface area contributed by atoms with Gasteiger partial charge >= 0.3 is 0 Å². The Morgan fingerprint density at radius 3 is 2.36 bits per heavy atom. The van der Waals surface area contributed by atoms with Crippen molar-refractivity contribution in [2.45, 2.75) is 37.5 Å². The van der Waals surface area contributed by atoms with Crippen molar-refractivity contribution in [3.63, 3.8) is 0 Å². The number of anilines is 1. The van der Waals surface area contributed by atoms with Gasteiger partial charge in [-0.15, -0.1) is 0 Å². The molecule has 0 fully saturated rings. The molecule has 0 aliphatic heterocycles. The molecule has 0 spiro atoms. The van der Waals surface area contributed by atoms with Gasteiger partial charge in [0, 0.05) is 43.5 Å². The van der Waals surface area contributed by atoms with Crippen molar-refractivity contribution in [1.29, 1.82) is 0 Å². The molecule has 0 saturated carbocycles. The largest absolute Gasteiger partial charge is 0.377 e. The SMILES string of the molecule is CC(=O)CCCCCNS(=O)(=O)c1cccc2c(N(C)C)cccc12. The summed E-state index contributed by atoms with van der Waals surface area (Å²) in [5.41, 5.74) is 0.985. The van der Waals surface area contributed by atoms with E-state index in [4.69, 9.17) is 0 Å². The summed E-state index contributed by atoms with van der Waals surface area (Å²) in [4.78, 5) is 13.2. The summed E-state index contributed by atoms with van der Waals surface area (Å²) < 4.78 is 28.1. The van der Waals surface area contributed by atoms with Gasteiger partial charge in [0.2, 0.25) is 10.0 Å². The summed E-state index contributed by atoms with van der Waals surface area (Å²) in [6.07, 6.45) is 2.92. The summed E-state index contributed by atoms with van der Waals surface area (Å²) in [5.74, 6) is 0.174. The monoisotopic (exact) mass is 362 g/mol. The average molecular weight is 362 g/mol. The number of carbonyl (C=O) groups is 1. The second-order valence-electron chi connectivity index (χ2n) is 6.43. The van der Waals surface area contributed by atoms with Crippen LogP contribution in [0, 0.1) is 0 Å². The Morgan fingerprint density at radius 1 is 1.00 bits per heavy atom. The zero-order valence-electron chi connectivity index (χ0n) is 15.1. The van der Waals surface area contributed by atoms with Crippen molar-refractivity contribution in [3.05, 3.63) is 36.4 Å². The highest BCUT2D eigenvalue weighted by Gasteiger charge is 2.17. The molecule has 1 N–H and O–H groups in total. The molecule has 5 nitrogen and oxygen atoms in total. The second kappa shape index (κ2) is 8.45. The number of hydrogen-bond acceptors (Lipinski definition) is 4. The van der Waals surface area contributed by atoms with Gasteiger partial charge in [-0.1, -0.05) is 30.7 Å². The van der Waals surface area contributed by atoms with Crippen LogP contribution in [0.3, 0.4) is 0 Å². The third-order valence-corrected chi connectivity index (χ3v) is 5.65. The predicted octanol–water partition coefficient (Wildman–Crippen LogP) is 3.33. The highest BCUT2D eigenvalue weighted by Crippen LogP contribution is 2.30. The van der Waals surface area contributed by atoms with Gasteiger partial charge in [-0.3, -0.25) is 0 Å². The average Bonchev–Trinajstić information content (AvgIpc) is 2.56. The van der Waals surface area contributed by atoms with Gasteiger partial charge in [-0.25, -0.2) is 13.1 Å². The van der Waals surface area contributed by atoms with Crippen molar-refractivity contribution in [2.24, 2.45) is 0 Å². The van der Waals surface area contributed by atoms with Crippen LogP contribution in [0.1, 0.15) is 32.6 Å². The van der Waals surface area contributed by atoms with Gasteiger partial charge in [0.05, 0.1) is 4.90 Å². The maximum absolute atomic E-state index is 12.7. The van der Waals surface area contributed by atoms with Crippen molar-refractivity contribution in [3.8, 4) is 0 Å². The minimum Gasteiger partial charge on any atom is -0.377 e. The Kier molecular flexibility index (Phi) is 6.56. The molecule has 25 heavy (non-hydrogen) atoms. The molecule has 0 saturated heterocycles. The summed E-state index contributed by atoms with van der Waals surface area (Å²) in [6, 6.07) is 11.0. The highest BCUT2D eigenvalue weighted by atomic mass is 32.2. The topological polar surface area (TPSA) is 66.5 Å². The van der Waals surface area contributed by atoms with E-state index in [2.05, 4.69) is 4.72 Å². The van der Waals surface area contributed by atoms with Gasteiger partial charge in [-0.05, 0) is 31.9 Å². The number of hydrogen-bond donors (Lipinski definition) is 1. The van der Waals surface area contributed by atoms with E-state index in [1.165, 1.54) is 0 Å². The Labute approximate surface area is 150 Å². The van der Waals surface area contributed by atoms with E-state index in [-0.39, 0.29) is 5.78 Å². The molecular formula is C19H26N2O3S. The smallest absolute Gasteiger partial charge is 0.241 e. The van der Waals surface area contributed by atoms with Crippen molar-refractivity contribution < 1.29 is 13.2 Å². The first-order valence-corrected chi connectivity index (χ1v) is 9.99. The molecule has 136 valence electrons. The number of carbonyl (C=O) groups excluding carboxylic acids is 1. The lowest BCUT2D eigenvalue weighted by atomic mass is 10.1. The normalized spacial score (nSPS) is 11.6. The minimum absolute atomic E-state index is 0.174. The van der Waals surface area contributed by atoms with E-state index in [0.717, 1.165) is 35.7 Å². The van der Waals surface area contributed by atoms with Crippen molar-refractivity contribution >= 4 is 32.3 Å². The number of nitrogens with one attached hydrogen (secondary N) is 1. The Hall–Kier alpha value is -1.92. The third kappa shape index (κ3) is 5.03. The lowest BCUT2D eigenvalue weighted by molar-refractivity contribution is -0.117. The van der Waals surface area contributed by atoms with Crippen LogP contribution in [0.2, 0.25) is 0 Å². The number of Topliss-reactive ketones (excluding diaryl/α,β-unsaturated/α-hetero) is 1. The van der Waals surface area contributed by atoms with Crippen molar-refractivity contribution in [1.82, 2.24) is 4.72 Å². The number of fused-ring (bicyclic) bond motifs is 1. The fourth-order valence-electron chi connectivity index (χ4n) is 2.85. The molecule has 0 heterocycles. The molecule has 6 heteroatoms. The summed E-state index contributed by atoms with van der Waals surface area (Å²) in [5, 5.41) is 1.63. The van der Waals surface area contributed by atoms with E-state index < -0.39 is 10.0 Å². The van der Waals surface area contributed by atoms with Crippen LogP contribution in [0.15, 0.2) is 41.3 Å². The minimum atomic E-state index is -3.57. The van der Waals surface area contributed by atoms with E-state index in [1.807, 2.05) is 43.3 Å². The fraction of sp³-hybridized carbons (Fsp3) is 0.421. The molecule has 0 amide bonds. The number of ketones is 1. The standard InChI is InChI=1S/C19H26N2O3S/c1-15(22)9-5-4-6-14-20-25(23,24)19-13-8-10-16-17(19)11-7-12-18(16)21(2)3/h7-8,10-13,20H,4-6,9,14H2,1-3H3. The quantitative estimate of drug-likeness (QED) is 0.695. The van der Waals surface area contributed by atoms with Crippen molar-refractivity contribution in [2.75, 3.05) is 25.5 Å². The van der Waals surface area contributed by atoms with E-state index in [0.29, 0.717) is 17.9 Å². The molecule has 2 aromatic rings. The van der Waals surface area contributed by atoms with Gasteiger partial charge in [0.25, 0.3) is 0 Å². The number of unbranched alkanes of at least 4 members (excludes halogenated alkanes) is 2.